The third-order valence-corrected chi connectivity index (χ3v) is 1.97. The molecule has 2 heteroatoms. The molecule has 1 saturated carbocycles. The normalized spacial score (nSPS) is 18.8. The molecule has 0 atom stereocenters. The summed E-state index contributed by atoms with van der Waals surface area (Å²) in [6.07, 6.45) is 5.58. The van der Waals surface area contributed by atoms with Crippen LogP contribution in [-0.4, -0.2) is 23.9 Å². The quantitative estimate of drug-likeness (QED) is 0.515. The Labute approximate surface area is 55.8 Å². The largest absolute Gasteiger partial charge is 0.332 e. The third-order valence-electron chi connectivity index (χ3n) is 1.97. The monoisotopic (exact) mass is 126 g/mol. The molecule has 0 saturated heterocycles. The minimum atomic E-state index is 0.521. The summed E-state index contributed by atoms with van der Waals surface area (Å²) < 4.78 is 0. The molecule has 0 spiro atoms. The molecule has 1 aliphatic carbocycles. The molecule has 0 N–H and O–H groups in total. The van der Waals surface area contributed by atoms with Crippen molar-refractivity contribution < 1.29 is 4.79 Å². The summed E-state index contributed by atoms with van der Waals surface area (Å²) in [4.78, 5) is 11.9. The summed E-state index contributed by atoms with van der Waals surface area (Å²) in [5.74, 6) is 0. The topological polar surface area (TPSA) is 20.3 Å². The van der Waals surface area contributed by atoms with Gasteiger partial charge in [0.25, 0.3) is 0 Å². The lowest BCUT2D eigenvalue weighted by Gasteiger charge is -2.33. The van der Waals surface area contributed by atoms with Gasteiger partial charge in [0.15, 0.2) is 0 Å². The molecule has 0 aliphatic heterocycles. The van der Waals surface area contributed by atoms with E-state index in [-0.39, 0.29) is 0 Å². The lowest BCUT2D eigenvalue weighted by Crippen LogP contribution is -2.38. The molecular weight excluding hydrogens is 114 g/mol. The second-order valence-electron chi connectivity index (χ2n) is 2.46. The van der Waals surface area contributed by atoms with Crippen molar-refractivity contribution in [1.29, 1.82) is 0 Å². The van der Waals surface area contributed by atoms with Crippen molar-refractivity contribution >= 4 is 6.41 Å². The average Bonchev–Trinajstić information content (AvgIpc) is 1.78. The van der Waals surface area contributed by atoms with E-state index in [2.05, 4.69) is 0 Å². The van der Waals surface area contributed by atoms with Gasteiger partial charge in [0.1, 0.15) is 0 Å². The summed E-state index contributed by atoms with van der Waals surface area (Å²) >= 11 is 0. The molecule has 0 aromatic heterocycles. The number of amides is 1. The number of hydrogen-bond donors (Lipinski definition) is 0. The molecule has 0 bridgehead atoms. The Balaban J connectivity index is 2.27. The maximum atomic E-state index is 10.2. The highest BCUT2D eigenvalue weighted by molar-refractivity contribution is 5.48. The Bertz CT molecular complexity index is 99.1. The highest BCUT2D eigenvalue weighted by atomic mass is 16.1. The van der Waals surface area contributed by atoms with Gasteiger partial charge in [-0.25, -0.2) is 0 Å². The van der Waals surface area contributed by atoms with Gasteiger partial charge in [-0.2, -0.15) is 0 Å². The van der Waals surface area contributed by atoms with Crippen LogP contribution in [0.3, 0.4) is 0 Å². The van der Waals surface area contributed by atoms with E-state index in [0.717, 1.165) is 6.54 Å². The third kappa shape index (κ3) is 1.23. The van der Waals surface area contributed by atoms with Crippen molar-refractivity contribution in [3.8, 4) is 0 Å². The van der Waals surface area contributed by atoms with Crippen molar-refractivity contribution in [2.75, 3.05) is 6.54 Å². The zero-order valence-corrected chi connectivity index (χ0v) is 5.76. The summed E-state index contributed by atoms with van der Waals surface area (Å²) in [5.41, 5.74) is 0. The zero-order chi connectivity index (χ0) is 6.69. The molecule has 0 aromatic rings. The summed E-state index contributed by atoms with van der Waals surface area (Å²) in [5, 5.41) is 0. The Morgan fingerprint density at radius 2 is 2.33 bits per heavy atom. The number of rotatable bonds is 3. The predicted molar refractivity (Wildman–Crippen MR) is 35.7 cm³/mol. The van der Waals surface area contributed by atoms with E-state index in [9.17, 15) is 4.79 Å². The minimum absolute atomic E-state index is 0.521. The minimum Gasteiger partial charge on any atom is -0.332 e. The van der Waals surface area contributed by atoms with Crippen molar-refractivity contribution in [3.05, 3.63) is 0 Å². The SMILES string of the molecule is CCN([C]=O)C1CCC1. The molecule has 1 radical (unpaired) electrons. The molecule has 0 heterocycles. The fraction of sp³-hybridized carbons (Fsp3) is 0.857. The van der Waals surface area contributed by atoms with E-state index in [4.69, 9.17) is 0 Å². The van der Waals surface area contributed by atoms with Gasteiger partial charge >= 0.3 is 6.41 Å². The lowest BCUT2D eigenvalue weighted by molar-refractivity contribution is 0.208. The van der Waals surface area contributed by atoms with E-state index >= 15 is 0 Å². The predicted octanol–water partition coefficient (Wildman–Crippen LogP) is 0.928. The molecule has 2 nitrogen and oxygen atoms in total. The molecule has 1 rings (SSSR count). The smallest absolute Gasteiger partial charge is 0.312 e. The fourth-order valence-electron chi connectivity index (χ4n) is 1.10. The Hall–Kier alpha value is -0.530. The van der Waals surface area contributed by atoms with Crippen molar-refractivity contribution in [1.82, 2.24) is 4.90 Å². The van der Waals surface area contributed by atoms with Crippen LogP contribution >= 0.6 is 0 Å². The van der Waals surface area contributed by atoms with Crippen molar-refractivity contribution in [2.45, 2.75) is 32.2 Å². The second kappa shape index (κ2) is 2.85. The zero-order valence-electron chi connectivity index (χ0n) is 5.76. The van der Waals surface area contributed by atoms with Crippen LogP contribution < -0.4 is 0 Å². The molecule has 1 aliphatic rings. The fourth-order valence-corrected chi connectivity index (χ4v) is 1.10. The van der Waals surface area contributed by atoms with Gasteiger partial charge in [-0.1, -0.05) is 0 Å². The summed E-state index contributed by atoms with van der Waals surface area (Å²) in [7, 11) is 0. The Morgan fingerprint density at radius 3 is 2.44 bits per heavy atom. The molecule has 0 aromatic carbocycles. The van der Waals surface area contributed by atoms with Crippen LogP contribution in [-0.2, 0) is 4.79 Å². The van der Waals surface area contributed by atoms with Gasteiger partial charge in [0, 0.05) is 12.6 Å². The van der Waals surface area contributed by atoms with E-state index in [1.54, 1.807) is 4.90 Å². The Morgan fingerprint density at radius 1 is 1.67 bits per heavy atom. The van der Waals surface area contributed by atoms with Gasteiger partial charge in [-0.05, 0) is 26.2 Å². The van der Waals surface area contributed by atoms with Crippen LogP contribution in [0.1, 0.15) is 26.2 Å². The second-order valence-corrected chi connectivity index (χ2v) is 2.46. The first-order chi connectivity index (χ1) is 4.38. The van der Waals surface area contributed by atoms with E-state index in [1.807, 2.05) is 13.3 Å². The molecule has 9 heavy (non-hydrogen) atoms. The van der Waals surface area contributed by atoms with Crippen LogP contribution in [0.2, 0.25) is 0 Å². The van der Waals surface area contributed by atoms with Crippen LogP contribution in [0.25, 0.3) is 0 Å². The number of carbonyl (C=O) groups excluding carboxylic acids is 1. The van der Waals surface area contributed by atoms with Gasteiger partial charge in [0.2, 0.25) is 0 Å². The highest BCUT2D eigenvalue weighted by Crippen LogP contribution is 2.22. The van der Waals surface area contributed by atoms with Crippen LogP contribution in [0.5, 0.6) is 0 Å². The van der Waals surface area contributed by atoms with E-state index in [0.29, 0.717) is 6.04 Å². The van der Waals surface area contributed by atoms with Crippen molar-refractivity contribution in [3.63, 3.8) is 0 Å². The number of nitrogens with zero attached hydrogens (tertiary/aromatic N) is 1. The average molecular weight is 126 g/mol. The highest BCUT2D eigenvalue weighted by Gasteiger charge is 2.22. The molecule has 0 unspecified atom stereocenters. The molecule has 1 fully saturated rings. The van der Waals surface area contributed by atoms with Crippen LogP contribution in [0.4, 0.5) is 0 Å². The number of hydrogen-bond acceptors (Lipinski definition) is 1. The van der Waals surface area contributed by atoms with E-state index in [1.165, 1.54) is 19.3 Å². The molecular formula is C7H12NO. The summed E-state index contributed by atoms with van der Waals surface area (Å²) in [6.45, 7) is 2.80. The maximum absolute atomic E-state index is 10.2. The van der Waals surface area contributed by atoms with Gasteiger partial charge in [-0.15, -0.1) is 0 Å². The summed E-state index contributed by atoms with van der Waals surface area (Å²) in [6, 6.07) is 0.521. The van der Waals surface area contributed by atoms with Crippen LogP contribution in [0, 0.1) is 0 Å². The van der Waals surface area contributed by atoms with Gasteiger partial charge in [0.05, 0.1) is 0 Å². The molecule has 51 valence electrons. The molecule has 1 amide bonds. The van der Waals surface area contributed by atoms with Gasteiger partial charge < -0.3 is 4.90 Å². The van der Waals surface area contributed by atoms with E-state index < -0.39 is 0 Å². The first-order valence-electron chi connectivity index (χ1n) is 3.53. The van der Waals surface area contributed by atoms with Crippen LogP contribution in [0.15, 0.2) is 0 Å². The first kappa shape index (κ1) is 6.59. The van der Waals surface area contributed by atoms with Gasteiger partial charge in [-0.3, -0.25) is 4.79 Å². The lowest BCUT2D eigenvalue weighted by atomic mass is 9.92. The maximum Gasteiger partial charge on any atom is 0.312 e. The Kier molecular flexibility index (Phi) is 2.09. The first-order valence-corrected chi connectivity index (χ1v) is 3.53. The van der Waals surface area contributed by atoms with Crippen molar-refractivity contribution in [2.24, 2.45) is 0 Å². The standard InChI is InChI=1S/C7H12NO/c1-2-8(6-9)7-4-3-5-7/h7H,2-5H2,1H3.